The van der Waals surface area contributed by atoms with E-state index in [4.69, 9.17) is 32.5 Å². The Balaban J connectivity index is 1.80. The molecule has 0 fully saturated rings. The largest absolute Gasteiger partial charge is 0.491 e. The number of guanidine groups is 1. The SMILES string of the molecule is N=C(N)c1ccc(CC(=O)C(=O)O)c(OCC(CCC(=O)O)NC(=O)c2cccc(-c3ccc(N=C(N)N)cc3)c2)c1. The second kappa shape index (κ2) is 14.1. The van der Waals surface area contributed by atoms with Crippen molar-refractivity contribution in [3.8, 4) is 16.9 Å². The zero-order valence-corrected chi connectivity index (χ0v) is 22.4. The fourth-order valence-electron chi connectivity index (χ4n) is 3.92. The molecular formula is C29H30N6O7. The number of nitrogens with two attached hydrogens (primary N) is 3. The molecule has 218 valence electrons. The number of carboxylic acid groups (broad SMARTS) is 2. The first-order valence-corrected chi connectivity index (χ1v) is 12.6. The van der Waals surface area contributed by atoms with Crippen LogP contribution in [0.2, 0.25) is 0 Å². The lowest BCUT2D eigenvalue weighted by Crippen LogP contribution is -2.39. The van der Waals surface area contributed by atoms with Gasteiger partial charge in [-0.3, -0.25) is 19.8 Å². The van der Waals surface area contributed by atoms with E-state index in [0.717, 1.165) is 11.1 Å². The molecule has 0 heterocycles. The highest BCUT2D eigenvalue weighted by Gasteiger charge is 2.20. The van der Waals surface area contributed by atoms with Crippen LogP contribution in [0.4, 0.5) is 5.69 Å². The summed E-state index contributed by atoms with van der Waals surface area (Å²) in [6.07, 6.45) is -0.730. The predicted octanol–water partition coefficient (Wildman–Crippen LogP) is 1.78. The van der Waals surface area contributed by atoms with Gasteiger partial charge in [-0.1, -0.05) is 36.4 Å². The number of ether oxygens (including phenoxy) is 1. The maximum Gasteiger partial charge on any atom is 0.372 e. The van der Waals surface area contributed by atoms with Crippen LogP contribution in [0, 0.1) is 5.41 Å². The molecule has 0 radical (unpaired) electrons. The highest BCUT2D eigenvalue weighted by molar-refractivity contribution is 6.33. The standard InChI is InChI=1S/C29H30N6O7/c30-26(31)19-5-4-18(13-23(36)28(40)41)24(14-19)42-15-22(10-11-25(37)38)34-27(39)20-3-1-2-17(12-20)16-6-8-21(9-7-16)35-29(32)33/h1-9,12,14,22H,10-11,13,15H2,(H3,30,31)(H,34,39)(H,37,38)(H,40,41)(H4,32,33,35). The van der Waals surface area contributed by atoms with E-state index in [1.54, 1.807) is 42.5 Å². The number of amides is 1. The highest BCUT2D eigenvalue weighted by atomic mass is 16.5. The van der Waals surface area contributed by atoms with Gasteiger partial charge in [-0.25, -0.2) is 9.79 Å². The van der Waals surface area contributed by atoms with Gasteiger partial charge in [0.05, 0.1) is 11.7 Å². The number of Topliss-reactive ketones (excluding diaryl/α,β-unsaturated/α-hetero) is 1. The first kappa shape index (κ1) is 30.8. The van der Waals surface area contributed by atoms with E-state index in [1.807, 2.05) is 6.07 Å². The summed E-state index contributed by atoms with van der Waals surface area (Å²) in [4.78, 5) is 51.3. The van der Waals surface area contributed by atoms with E-state index in [9.17, 15) is 24.3 Å². The van der Waals surface area contributed by atoms with Gasteiger partial charge in [-0.2, -0.15) is 0 Å². The number of nitrogens with one attached hydrogen (secondary N) is 2. The normalized spacial score (nSPS) is 11.1. The molecule has 13 heteroatoms. The van der Waals surface area contributed by atoms with Gasteiger partial charge in [0.1, 0.15) is 18.2 Å². The minimum Gasteiger partial charge on any atom is -0.491 e. The number of benzene rings is 3. The zero-order valence-electron chi connectivity index (χ0n) is 22.4. The molecular weight excluding hydrogens is 544 g/mol. The van der Waals surface area contributed by atoms with Gasteiger partial charge in [0.15, 0.2) is 5.96 Å². The smallest absolute Gasteiger partial charge is 0.372 e. The Morgan fingerprint density at radius 1 is 0.905 bits per heavy atom. The van der Waals surface area contributed by atoms with Gasteiger partial charge >= 0.3 is 11.9 Å². The van der Waals surface area contributed by atoms with Crippen LogP contribution in [0.25, 0.3) is 11.1 Å². The summed E-state index contributed by atoms with van der Waals surface area (Å²) in [5.74, 6) is -4.51. The van der Waals surface area contributed by atoms with Gasteiger partial charge in [-0.15, -0.1) is 0 Å². The fourth-order valence-corrected chi connectivity index (χ4v) is 3.92. The maximum atomic E-state index is 13.2. The van der Waals surface area contributed by atoms with Crippen molar-refractivity contribution in [3.05, 3.63) is 83.4 Å². The Morgan fingerprint density at radius 2 is 1.62 bits per heavy atom. The van der Waals surface area contributed by atoms with Crippen LogP contribution in [0.1, 0.15) is 34.3 Å². The molecule has 0 spiro atoms. The molecule has 3 rings (SSSR count). The summed E-state index contributed by atoms with van der Waals surface area (Å²) in [6, 6.07) is 17.3. The molecule has 0 aliphatic heterocycles. The first-order valence-electron chi connectivity index (χ1n) is 12.6. The summed E-state index contributed by atoms with van der Waals surface area (Å²) in [7, 11) is 0. The number of carbonyl (C=O) groups excluding carboxylic acids is 2. The van der Waals surface area contributed by atoms with Crippen LogP contribution < -0.4 is 27.3 Å². The molecule has 0 saturated carbocycles. The molecule has 3 aromatic carbocycles. The number of hydrogen-bond acceptors (Lipinski definition) is 7. The van der Waals surface area contributed by atoms with Crippen molar-refractivity contribution in [2.24, 2.45) is 22.2 Å². The van der Waals surface area contributed by atoms with Crippen LogP contribution >= 0.6 is 0 Å². The van der Waals surface area contributed by atoms with Crippen molar-refractivity contribution in [1.29, 1.82) is 5.41 Å². The van der Waals surface area contributed by atoms with Crippen LogP contribution in [0.5, 0.6) is 5.75 Å². The molecule has 42 heavy (non-hydrogen) atoms. The first-order chi connectivity index (χ1) is 19.9. The van der Waals surface area contributed by atoms with Gasteiger partial charge in [0, 0.05) is 29.5 Å². The van der Waals surface area contributed by atoms with Gasteiger partial charge in [0.2, 0.25) is 5.78 Å². The number of rotatable bonds is 14. The lowest BCUT2D eigenvalue weighted by atomic mass is 10.0. The summed E-state index contributed by atoms with van der Waals surface area (Å²) in [5, 5.41) is 28.7. The Hall–Kier alpha value is -5.72. The third kappa shape index (κ3) is 8.91. The summed E-state index contributed by atoms with van der Waals surface area (Å²) in [6.45, 7) is -0.208. The number of carbonyl (C=O) groups is 4. The van der Waals surface area contributed by atoms with Crippen LogP contribution in [0.15, 0.2) is 71.7 Å². The number of ketones is 1. The molecule has 3 aromatic rings. The summed E-state index contributed by atoms with van der Waals surface area (Å²) in [5.41, 5.74) is 19.3. The molecule has 1 amide bonds. The van der Waals surface area contributed by atoms with Crippen molar-refractivity contribution in [2.75, 3.05) is 6.61 Å². The topological polar surface area (TPSA) is 244 Å². The van der Waals surface area contributed by atoms with Crippen molar-refractivity contribution in [1.82, 2.24) is 5.32 Å². The Bertz CT molecular complexity index is 1530. The molecule has 10 N–H and O–H groups in total. The second-order valence-electron chi connectivity index (χ2n) is 9.22. The number of aliphatic imine (C=N–C) groups is 1. The van der Waals surface area contributed by atoms with Crippen molar-refractivity contribution in [3.63, 3.8) is 0 Å². The highest BCUT2D eigenvalue weighted by Crippen LogP contribution is 2.25. The molecule has 1 unspecified atom stereocenters. The molecule has 0 aliphatic carbocycles. The second-order valence-corrected chi connectivity index (χ2v) is 9.22. The van der Waals surface area contributed by atoms with Crippen molar-refractivity contribution >= 4 is 41.1 Å². The Kier molecular flexibility index (Phi) is 10.3. The van der Waals surface area contributed by atoms with Crippen molar-refractivity contribution in [2.45, 2.75) is 25.3 Å². The monoisotopic (exact) mass is 574 g/mol. The number of carboxylic acids is 2. The Labute approximate surface area is 240 Å². The minimum atomic E-state index is -1.62. The summed E-state index contributed by atoms with van der Waals surface area (Å²) < 4.78 is 5.84. The average Bonchev–Trinajstić information content (AvgIpc) is 2.94. The molecule has 1 atom stereocenters. The van der Waals surface area contributed by atoms with E-state index in [1.165, 1.54) is 18.2 Å². The number of hydrogen-bond donors (Lipinski definition) is 7. The summed E-state index contributed by atoms with van der Waals surface area (Å²) >= 11 is 0. The molecule has 13 nitrogen and oxygen atoms in total. The van der Waals surface area contributed by atoms with E-state index >= 15 is 0 Å². The van der Waals surface area contributed by atoms with Crippen LogP contribution in [-0.4, -0.2) is 58.3 Å². The lowest BCUT2D eigenvalue weighted by molar-refractivity contribution is -0.148. The fraction of sp³-hybridized carbons (Fsp3) is 0.172. The average molecular weight is 575 g/mol. The molecule has 0 saturated heterocycles. The number of amidine groups is 1. The van der Waals surface area contributed by atoms with E-state index in [2.05, 4.69) is 10.3 Å². The van der Waals surface area contributed by atoms with Crippen LogP contribution in [-0.2, 0) is 20.8 Å². The predicted molar refractivity (Wildman–Crippen MR) is 155 cm³/mol. The third-order valence-corrected chi connectivity index (χ3v) is 6.03. The number of nitrogens with zero attached hydrogens (tertiary/aromatic N) is 1. The van der Waals surface area contributed by atoms with E-state index < -0.39 is 36.1 Å². The number of aliphatic carboxylic acids is 2. The number of nitrogen functional groups attached to an aromatic ring is 1. The third-order valence-electron chi connectivity index (χ3n) is 6.03. The van der Waals surface area contributed by atoms with E-state index in [0.29, 0.717) is 11.3 Å². The minimum absolute atomic E-state index is 0.0167. The molecule has 0 aromatic heterocycles. The molecule has 0 aliphatic rings. The molecule has 0 bridgehead atoms. The lowest BCUT2D eigenvalue weighted by Gasteiger charge is -2.20. The van der Waals surface area contributed by atoms with Gasteiger partial charge in [-0.05, 0) is 47.9 Å². The van der Waals surface area contributed by atoms with Crippen molar-refractivity contribution < 1.29 is 34.1 Å². The van der Waals surface area contributed by atoms with Gasteiger partial charge < -0.3 is 37.5 Å². The van der Waals surface area contributed by atoms with Gasteiger partial charge in [0.25, 0.3) is 5.91 Å². The van der Waals surface area contributed by atoms with E-state index in [-0.39, 0.29) is 48.1 Å². The zero-order chi connectivity index (χ0) is 30.8. The Morgan fingerprint density at radius 3 is 2.24 bits per heavy atom. The quantitative estimate of drug-likeness (QED) is 0.0835. The maximum absolute atomic E-state index is 13.2. The van der Waals surface area contributed by atoms with Crippen LogP contribution in [0.3, 0.4) is 0 Å².